The average Bonchev–Trinajstić information content (AvgIpc) is 3.27. The smallest absolute Gasteiger partial charge is 0.255 e. The Balaban J connectivity index is 1.16. The van der Waals surface area contributed by atoms with Gasteiger partial charge in [-0.2, -0.15) is 10.4 Å². The number of carbonyl (C=O) groups is 1. The summed E-state index contributed by atoms with van der Waals surface area (Å²) in [6.45, 7) is 4.74. The second kappa shape index (κ2) is 7.48. The van der Waals surface area contributed by atoms with Crippen molar-refractivity contribution in [1.29, 1.82) is 5.26 Å². The van der Waals surface area contributed by atoms with Crippen molar-refractivity contribution in [3.8, 4) is 6.07 Å². The van der Waals surface area contributed by atoms with E-state index in [4.69, 9.17) is 0 Å². The van der Waals surface area contributed by atoms with E-state index in [-0.39, 0.29) is 11.9 Å². The van der Waals surface area contributed by atoms with Crippen LogP contribution in [0.5, 0.6) is 0 Å². The molecule has 8 nitrogen and oxygen atoms in total. The molecule has 3 aromatic rings. The lowest BCUT2D eigenvalue weighted by atomic mass is 10.0. The lowest BCUT2D eigenvalue weighted by Crippen LogP contribution is -2.27. The number of piperidine rings is 1. The predicted octanol–water partition coefficient (Wildman–Crippen LogP) is 2.72. The van der Waals surface area contributed by atoms with Crippen LogP contribution in [0.15, 0.2) is 30.9 Å². The number of hydrogen-bond donors (Lipinski definition) is 1. The van der Waals surface area contributed by atoms with E-state index < -0.39 is 0 Å². The molecule has 0 bridgehead atoms. The Kier molecular flexibility index (Phi) is 4.54. The number of hydrogen-bond acceptors (Lipinski definition) is 5. The fourth-order valence-corrected chi connectivity index (χ4v) is 5.46. The molecule has 1 N–H and O–H groups in total. The van der Waals surface area contributed by atoms with Crippen molar-refractivity contribution in [2.45, 2.75) is 38.8 Å². The second-order valence-electron chi connectivity index (χ2n) is 9.75. The number of nitriles is 1. The van der Waals surface area contributed by atoms with Crippen LogP contribution in [0.2, 0.25) is 0 Å². The van der Waals surface area contributed by atoms with Crippen LogP contribution in [0, 0.1) is 30.1 Å². The van der Waals surface area contributed by atoms with Gasteiger partial charge in [-0.05, 0) is 61.3 Å². The molecule has 1 aliphatic heterocycles. The molecule has 0 spiro atoms. The largest absolute Gasteiger partial charge is 0.370 e. The zero-order valence-electron chi connectivity index (χ0n) is 19.0. The van der Waals surface area contributed by atoms with Crippen LogP contribution < -0.4 is 10.2 Å². The molecule has 3 aliphatic rings. The Bertz CT molecular complexity index is 1290. The van der Waals surface area contributed by atoms with Crippen molar-refractivity contribution in [1.82, 2.24) is 24.6 Å². The minimum absolute atomic E-state index is 0.0540. The molecule has 2 fully saturated rings. The molecule has 3 heterocycles. The average molecular weight is 442 g/mol. The number of carbonyl (C=O) groups excluding carboxylic acids is 1. The number of aromatic nitrogens is 4. The third-order valence-corrected chi connectivity index (χ3v) is 7.52. The Morgan fingerprint density at radius 3 is 2.91 bits per heavy atom. The first-order valence-corrected chi connectivity index (χ1v) is 11.6. The van der Waals surface area contributed by atoms with Crippen molar-refractivity contribution < 1.29 is 4.79 Å². The number of benzene rings is 1. The Morgan fingerprint density at radius 1 is 1.30 bits per heavy atom. The second-order valence-corrected chi connectivity index (χ2v) is 9.75. The molecule has 168 valence electrons. The maximum Gasteiger partial charge on any atom is 0.255 e. The lowest BCUT2D eigenvalue weighted by Gasteiger charge is -2.23. The highest BCUT2D eigenvalue weighted by Crippen LogP contribution is 2.47. The number of nitrogens with one attached hydrogen (secondary N) is 1. The number of rotatable bonds is 5. The highest BCUT2D eigenvalue weighted by Gasteiger charge is 2.45. The standard InChI is InChI=1S/C25H27N7O/c1-15-5-23(31-10-18-7-19(18)11-31)16(8-26)6-17(15)12-32-13-20(9-28-32)25(33)29-21-3-4-22-24(21)27-14-30(22)2/h5-6,9,13-14,18-19,21H,3-4,7,10-12H2,1-2H3,(H,29,33)/t18?,19?,21-/m1/s1. The molecule has 2 aliphatic carbocycles. The SMILES string of the molecule is Cc1cc(N2CC3CC3C2)c(C#N)cc1Cn1cc(C(=O)N[C@@H]2CCc3c2ncn3C)cn1. The van der Waals surface area contributed by atoms with E-state index >= 15 is 0 Å². The molecule has 8 heteroatoms. The van der Waals surface area contributed by atoms with Crippen molar-refractivity contribution in [3.05, 3.63) is 64.5 Å². The monoisotopic (exact) mass is 441 g/mol. The van der Waals surface area contributed by atoms with E-state index in [1.807, 2.05) is 17.7 Å². The third-order valence-electron chi connectivity index (χ3n) is 7.52. The van der Waals surface area contributed by atoms with Crippen LogP contribution in [0.4, 0.5) is 5.69 Å². The van der Waals surface area contributed by atoms with E-state index in [9.17, 15) is 10.1 Å². The van der Waals surface area contributed by atoms with E-state index in [1.54, 1.807) is 23.4 Å². The van der Waals surface area contributed by atoms with Gasteiger partial charge >= 0.3 is 0 Å². The van der Waals surface area contributed by atoms with Gasteiger partial charge in [0.05, 0.1) is 47.6 Å². The summed E-state index contributed by atoms with van der Waals surface area (Å²) in [6.07, 6.45) is 8.32. The summed E-state index contributed by atoms with van der Waals surface area (Å²) in [5, 5.41) is 17.3. The number of aryl methyl sites for hydroxylation is 2. The first-order chi connectivity index (χ1) is 16.0. The van der Waals surface area contributed by atoms with Crippen LogP contribution in [-0.4, -0.2) is 38.3 Å². The normalized spacial score (nSPS) is 22.7. The summed E-state index contributed by atoms with van der Waals surface area (Å²) < 4.78 is 3.79. The number of imidazole rings is 1. The molecular formula is C25H27N7O. The molecule has 1 saturated carbocycles. The zero-order chi connectivity index (χ0) is 22.7. The third kappa shape index (κ3) is 3.48. The number of fused-ring (bicyclic) bond motifs is 2. The Morgan fingerprint density at radius 2 is 2.12 bits per heavy atom. The van der Waals surface area contributed by atoms with E-state index in [1.165, 1.54) is 12.1 Å². The summed E-state index contributed by atoms with van der Waals surface area (Å²) in [4.78, 5) is 19.6. The van der Waals surface area contributed by atoms with Crippen molar-refractivity contribution in [2.24, 2.45) is 18.9 Å². The van der Waals surface area contributed by atoms with Crippen molar-refractivity contribution >= 4 is 11.6 Å². The molecule has 1 saturated heterocycles. The fourth-order valence-electron chi connectivity index (χ4n) is 5.46. The highest BCUT2D eigenvalue weighted by atomic mass is 16.1. The summed E-state index contributed by atoms with van der Waals surface area (Å²) in [5.74, 6) is 1.50. The number of anilines is 1. The lowest BCUT2D eigenvalue weighted by molar-refractivity contribution is 0.0936. The van der Waals surface area contributed by atoms with Crippen LogP contribution in [0.3, 0.4) is 0 Å². The number of amides is 1. The van der Waals surface area contributed by atoms with Gasteiger partial charge in [0.2, 0.25) is 0 Å². The van der Waals surface area contributed by atoms with Gasteiger partial charge in [-0.15, -0.1) is 0 Å². The van der Waals surface area contributed by atoms with E-state index in [0.29, 0.717) is 12.1 Å². The van der Waals surface area contributed by atoms with Gasteiger partial charge in [0.1, 0.15) is 6.07 Å². The molecule has 3 atom stereocenters. The van der Waals surface area contributed by atoms with Crippen LogP contribution >= 0.6 is 0 Å². The van der Waals surface area contributed by atoms with Crippen LogP contribution in [0.25, 0.3) is 0 Å². The maximum absolute atomic E-state index is 12.8. The first kappa shape index (κ1) is 20.0. The molecule has 1 amide bonds. The number of nitrogens with zero attached hydrogens (tertiary/aromatic N) is 6. The summed E-state index contributed by atoms with van der Waals surface area (Å²) in [5.41, 5.74) is 6.64. The zero-order valence-corrected chi connectivity index (χ0v) is 19.0. The van der Waals surface area contributed by atoms with E-state index in [2.05, 4.69) is 39.4 Å². The van der Waals surface area contributed by atoms with Crippen molar-refractivity contribution in [2.75, 3.05) is 18.0 Å². The van der Waals surface area contributed by atoms with Crippen molar-refractivity contribution in [3.63, 3.8) is 0 Å². The Hall–Kier alpha value is -3.60. The first-order valence-electron chi connectivity index (χ1n) is 11.6. The molecule has 33 heavy (non-hydrogen) atoms. The summed E-state index contributed by atoms with van der Waals surface area (Å²) >= 11 is 0. The quantitative estimate of drug-likeness (QED) is 0.657. The summed E-state index contributed by atoms with van der Waals surface area (Å²) in [7, 11) is 1.99. The molecular weight excluding hydrogens is 414 g/mol. The van der Waals surface area contributed by atoms with Gasteiger partial charge in [0.15, 0.2) is 0 Å². The van der Waals surface area contributed by atoms with Gasteiger partial charge in [0, 0.05) is 32.0 Å². The van der Waals surface area contributed by atoms with Crippen LogP contribution in [-0.2, 0) is 20.0 Å². The molecule has 2 aromatic heterocycles. The minimum atomic E-state index is -0.137. The fraction of sp³-hybridized carbons (Fsp3) is 0.440. The van der Waals surface area contributed by atoms with Crippen LogP contribution in [0.1, 0.15) is 57.3 Å². The molecule has 6 rings (SSSR count). The summed E-state index contributed by atoms with van der Waals surface area (Å²) in [6, 6.07) is 6.45. The van der Waals surface area contributed by atoms with E-state index in [0.717, 1.165) is 65.8 Å². The molecule has 0 radical (unpaired) electrons. The van der Waals surface area contributed by atoms with Gasteiger partial charge in [-0.3, -0.25) is 9.48 Å². The van der Waals surface area contributed by atoms with Gasteiger partial charge in [-0.25, -0.2) is 4.98 Å². The predicted molar refractivity (Wildman–Crippen MR) is 123 cm³/mol. The topological polar surface area (TPSA) is 91.8 Å². The highest BCUT2D eigenvalue weighted by molar-refractivity contribution is 5.94. The minimum Gasteiger partial charge on any atom is -0.370 e. The van der Waals surface area contributed by atoms with Gasteiger partial charge in [-0.1, -0.05) is 0 Å². The van der Waals surface area contributed by atoms with Gasteiger partial charge in [0.25, 0.3) is 5.91 Å². The molecule has 2 unspecified atom stereocenters. The Labute approximate surface area is 192 Å². The maximum atomic E-state index is 12.8. The van der Waals surface area contributed by atoms with Gasteiger partial charge < -0.3 is 14.8 Å². The molecule has 1 aromatic carbocycles.